The lowest BCUT2D eigenvalue weighted by Crippen LogP contribution is -2.32. The van der Waals surface area contributed by atoms with E-state index in [0.29, 0.717) is 12.0 Å². The number of hydrogen-bond donors (Lipinski definition) is 1. The van der Waals surface area contributed by atoms with Crippen molar-refractivity contribution in [3.63, 3.8) is 0 Å². The highest BCUT2D eigenvalue weighted by atomic mass is 35.5. The van der Waals surface area contributed by atoms with Crippen molar-refractivity contribution >= 4 is 22.6 Å². The fraction of sp³-hybridized carbons (Fsp3) is 0.462. The van der Waals surface area contributed by atoms with Gasteiger partial charge in [0, 0.05) is 18.1 Å². The van der Waals surface area contributed by atoms with Gasteiger partial charge in [-0.1, -0.05) is 11.6 Å². The highest BCUT2D eigenvalue weighted by molar-refractivity contribution is 6.31. The van der Waals surface area contributed by atoms with Gasteiger partial charge in [0.15, 0.2) is 0 Å². The monoisotopic (exact) mass is 265 g/mol. The van der Waals surface area contributed by atoms with Gasteiger partial charge < -0.3 is 14.6 Å². The third-order valence-electron chi connectivity index (χ3n) is 3.66. The first kappa shape index (κ1) is 12.0. The van der Waals surface area contributed by atoms with Gasteiger partial charge in [-0.2, -0.15) is 0 Å². The lowest BCUT2D eigenvalue weighted by atomic mass is 10.0. The molecule has 1 fully saturated rings. The SMILES string of the molecule is CNC1COCC1c1nc2cc(Cl)ccc2n1C. The van der Waals surface area contributed by atoms with E-state index in [9.17, 15) is 0 Å². The molecule has 0 saturated carbocycles. The summed E-state index contributed by atoms with van der Waals surface area (Å²) in [7, 11) is 4.01. The van der Waals surface area contributed by atoms with Gasteiger partial charge >= 0.3 is 0 Å². The first-order valence-electron chi connectivity index (χ1n) is 6.07. The fourth-order valence-electron chi connectivity index (χ4n) is 2.62. The Hall–Kier alpha value is -1.10. The van der Waals surface area contributed by atoms with Crippen LogP contribution in [0.5, 0.6) is 0 Å². The Labute approximate surface area is 111 Å². The average Bonchev–Trinajstić information content (AvgIpc) is 2.93. The molecule has 2 unspecified atom stereocenters. The molecule has 2 aromatic rings. The molecule has 0 radical (unpaired) electrons. The van der Waals surface area contributed by atoms with Crippen LogP contribution in [0.4, 0.5) is 0 Å². The second-order valence-electron chi connectivity index (χ2n) is 4.70. The number of halogens is 1. The van der Waals surface area contributed by atoms with Crippen molar-refractivity contribution in [1.82, 2.24) is 14.9 Å². The number of nitrogens with one attached hydrogen (secondary N) is 1. The maximum atomic E-state index is 6.01. The van der Waals surface area contributed by atoms with Crippen molar-refractivity contribution in [1.29, 1.82) is 0 Å². The van der Waals surface area contributed by atoms with Crippen molar-refractivity contribution < 1.29 is 4.74 Å². The topological polar surface area (TPSA) is 39.1 Å². The summed E-state index contributed by atoms with van der Waals surface area (Å²) in [4.78, 5) is 4.71. The smallest absolute Gasteiger partial charge is 0.116 e. The third kappa shape index (κ3) is 1.81. The molecule has 1 aromatic carbocycles. The van der Waals surface area contributed by atoms with E-state index in [1.807, 2.05) is 32.3 Å². The van der Waals surface area contributed by atoms with Crippen LogP contribution in [0.25, 0.3) is 11.0 Å². The van der Waals surface area contributed by atoms with E-state index in [0.717, 1.165) is 35.1 Å². The molecule has 1 aromatic heterocycles. The summed E-state index contributed by atoms with van der Waals surface area (Å²) < 4.78 is 7.68. The molecule has 2 atom stereocenters. The van der Waals surface area contributed by atoms with E-state index in [-0.39, 0.29) is 0 Å². The zero-order chi connectivity index (χ0) is 12.7. The third-order valence-corrected chi connectivity index (χ3v) is 3.90. The first-order valence-corrected chi connectivity index (χ1v) is 6.45. The number of imidazole rings is 1. The summed E-state index contributed by atoms with van der Waals surface area (Å²) in [5.41, 5.74) is 2.05. The van der Waals surface area contributed by atoms with Crippen LogP contribution in [0.2, 0.25) is 5.02 Å². The van der Waals surface area contributed by atoms with Crippen LogP contribution in [0, 0.1) is 0 Å². The molecule has 4 nitrogen and oxygen atoms in total. The fourth-order valence-corrected chi connectivity index (χ4v) is 2.78. The van der Waals surface area contributed by atoms with Crippen LogP contribution in [-0.4, -0.2) is 35.9 Å². The van der Waals surface area contributed by atoms with Crippen LogP contribution in [-0.2, 0) is 11.8 Å². The number of fused-ring (bicyclic) bond motifs is 1. The van der Waals surface area contributed by atoms with Crippen LogP contribution >= 0.6 is 11.6 Å². The molecular formula is C13H16ClN3O. The van der Waals surface area contributed by atoms with Gasteiger partial charge in [0.2, 0.25) is 0 Å². The standard InChI is InChI=1S/C13H16ClN3O/c1-15-11-7-18-6-9(11)13-16-10-5-8(14)3-4-12(10)17(13)2/h3-5,9,11,15H,6-7H2,1-2H3. The highest BCUT2D eigenvalue weighted by Gasteiger charge is 2.31. The summed E-state index contributed by atoms with van der Waals surface area (Å²) in [6, 6.07) is 6.15. The quantitative estimate of drug-likeness (QED) is 0.902. The van der Waals surface area contributed by atoms with E-state index >= 15 is 0 Å². The molecule has 3 rings (SSSR count). The van der Waals surface area contributed by atoms with Crippen LogP contribution in [0.1, 0.15) is 11.7 Å². The van der Waals surface area contributed by atoms with Gasteiger partial charge in [-0.3, -0.25) is 0 Å². The molecular weight excluding hydrogens is 250 g/mol. The van der Waals surface area contributed by atoms with Crippen LogP contribution < -0.4 is 5.32 Å². The molecule has 1 N–H and O–H groups in total. The molecule has 0 bridgehead atoms. The molecule has 5 heteroatoms. The summed E-state index contributed by atoms with van der Waals surface area (Å²) in [5.74, 6) is 1.36. The molecule has 0 aliphatic carbocycles. The van der Waals surface area contributed by atoms with Crippen LogP contribution in [0.3, 0.4) is 0 Å². The minimum atomic E-state index is 0.297. The van der Waals surface area contributed by atoms with Crippen molar-refractivity contribution in [2.24, 2.45) is 7.05 Å². The maximum Gasteiger partial charge on any atom is 0.116 e. The maximum absolute atomic E-state index is 6.01. The lowest BCUT2D eigenvalue weighted by Gasteiger charge is -2.16. The minimum Gasteiger partial charge on any atom is -0.379 e. The van der Waals surface area contributed by atoms with Crippen LogP contribution in [0.15, 0.2) is 18.2 Å². The summed E-state index contributed by atoms with van der Waals surface area (Å²) >= 11 is 6.01. The zero-order valence-corrected chi connectivity index (χ0v) is 11.2. The van der Waals surface area contributed by atoms with Crippen molar-refractivity contribution in [3.05, 3.63) is 29.0 Å². The highest BCUT2D eigenvalue weighted by Crippen LogP contribution is 2.28. The van der Waals surface area contributed by atoms with E-state index in [2.05, 4.69) is 9.88 Å². The molecule has 0 spiro atoms. The molecule has 1 aliphatic rings. The summed E-state index contributed by atoms with van der Waals surface area (Å²) in [5, 5.41) is 4.01. The zero-order valence-electron chi connectivity index (χ0n) is 10.5. The van der Waals surface area contributed by atoms with Gasteiger partial charge in [-0.25, -0.2) is 4.98 Å². The predicted molar refractivity (Wildman–Crippen MR) is 72.1 cm³/mol. The summed E-state index contributed by atoms with van der Waals surface area (Å²) in [6.07, 6.45) is 0. The molecule has 2 heterocycles. The number of aromatic nitrogens is 2. The number of hydrogen-bond acceptors (Lipinski definition) is 3. The van der Waals surface area contributed by atoms with E-state index < -0.39 is 0 Å². The van der Waals surface area contributed by atoms with Gasteiger partial charge in [0.25, 0.3) is 0 Å². The van der Waals surface area contributed by atoms with Gasteiger partial charge in [0.1, 0.15) is 5.82 Å². The van der Waals surface area contributed by atoms with E-state index in [1.54, 1.807) is 0 Å². The average molecular weight is 266 g/mol. The predicted octanol–water partition coefficient (Wildman–Crippen LogP) is 1.93. The number of likely N-dealkylation sites (N-methyl/N-ethyl adjacent to an activating group) is 1. The number of aryl methyl sites for hydroxylation is 1. The second kappa shape index (κ2) is 4.53. The Balaban J connectivity index is 2.09. The Kier molecular flexibility index (Phi) is 3.01. The largest absolute Gasteiger partial charge is 0.379 e. The molecule has 0 amide bonds. The van der Waals surface area contributed by atoms with Crippen molar-refractivity contribution in [3.8, 4) is 0 Å². The normalized spacial score (nSPS) is 23.9. The molecule has 18 heavy (non-hydrogen) atoms. The Bertz CT molecular complexity index is 581. The van der Waals surface area contributed by atoms with Crippen molar-refractivity contribution in [2.45, 2.75) is 12.0 Å². The number of ether oxygens (including phenoxy) is 1. The van der Waals surface area contributed by atoms with Gasteiger partial charge in [0.05, 0.1) is 30.2 Å². The first-order chi connectivity index (χ1) is 8.70. The van der Waals surface area contributed by atoms with E-state index in [1.165, 1.54) is 0 Å². The Morgan fingerprint density at radius 1 is 1.44 bits per heavy atom. The molecule has 96 valence electrons. The summed E-state index contributed by atoms with van der Waals surface area (Å²) in [6.45, 7) is 1.46. The number of nitrogens with zero attached hydrogens (tertiary/aromatic N) is 2. The number of rotatable bonds is 2. The number of benzene rings is 1. The molecule has 1 aliphatic heterocycles. The lowest BCUT2D eigenvalue weighted by molar-refractivity contribution is 0.188. The van der Waals surface area contributed by atoms with Gasteiger partial charge in [-0.05, 0) is 25.2 Å². The second-order valence-corrected chi connectivity index (χ2v) is 5.14. The minimum absolute atomic E-state index is 0.297. The Morgan fingerprint density at radius 3 is 3.06 bits per heavy atom. The van der Waals surface area contributed by atoms with Gasteiger partial charge in [-0.15, -0.1) is 0 Å². The van der Waals surface area contributed by atoms with Crippen molar-refractivity contribution in [2.75, 3.05) is 20.3 Å². The van der Waals surface area contributed by atoms with E-state index in [4.69, 9.17) is 21.3 Å². The Morgan fingerprint density at radius 2 is 2.28 bits per heavy atom. The molecule has 1 saturated heterocycles.